The first kappa shape index (κ1) is 28.8. The van der Waals surface area contributed by atoms with Gasteiger partial charge in [0.25, 0.3) is 5.91 Å². The van der Waals surface area contributed by atoms with Crippen LogP contribution in [0.5, 0.6) is 0 Å². The third-order valence-electron chi connectivity index (χ3n) is 7.32. The van der Waals surface area contributed by atoms with E-state index in [1.807, 2.05) is 0 Å². The van der Waals surface area contributed by atoms with Crippen LogP contribution in [0, 0.1) is 5.92 Å². The molecule has 0 aromatic carbocycles. The van der Waals surface area contributed by atoms with E-state index in [-0.39, 0.29) is 40.2 Å². The summed E-state index contributed by atoms with van der Waals surface area (Å²) in [6.45, 7) is 7.55. The minimum Gasteiger partial charge on any atom is -0.447 e. The number of hydrogen-bond acceptors (Lipinski definition) is 8. The lowest BCUT2D eigenvalue weighted by molar-refractivity contribution is -0.121. The lowest BCUT2D eigenvalue weighted by Gasteiger charge is -2.33. The van der Waals surface area contributed by atoms with Crippen LogP contribution in [-0.2, 0) is 9.53 Å². The molecule has 3 amide bonds. The standard InChI is InChI=1S/C29H35ClN6O5/c1-29(2,3)41-28(39)33-19-14-21-23(32-16-19)24(25(40-21)27(38)34-22-11-8-18(30)15-31-22)35-26(37)17-6-9-20(10-7-17)36-12-4-5-13-36/h8,11,14-17,20H,4-7,9-10,12-13H2,1-3H3,(H,33,39)(H,35,37)(H,31,34,38)/t17-,20-. The fourth-order valence-electron chi connectivity index (χ4n) is 5.40. The fraction of sp³-hybridized carbons (Fsp3) is 0.483. The summed E-state index contributed by atoms with van der Waals surface area (Å²) in [6.07, 6.45) is 8.14. The van der Waals surface area contributed by atoms with Gasteiger partial charge >= 0.3 is 6.09 Å². The molecule has 3 aromatic rings. The molecular formula is C29H35ClN6O5. The van der Waals surface area contributed by atoms with Gasteiger partial charge in [0.1, 0.15) is 22.6 Å². The van der Waals surface area contributed by atoms with Crippen molar-refractivity contribution in [1.82, 2.24) is 14.9 Å². The van der Waals surface area contributed by atoms with Gasteiger partial charge in [-0.05, 0) is 84.5 Å². The molecule has 1 aliphatic carbocycles. The maximum absolute atomic E-state index is 13.4. The molecule has 0 atom stereocenters. The van der Waals surface area contributed by atoms with Gasteiger partial charge in [-0.25, -0.2) is 14.8 Å². The number of carbonyl (C=O) groups is 3. The van der Waals surface area contributed by atoms with Crippen LogP contribution >= 0.6 is 11.6 Å². The Hall–Kier alpha value is -3.70. The molecule has 2 fully saturated rings. The fourth-order valence-corrected chi connectivity index (χ4v) is 5.51. The normalized spacial score (nSPS) is 19.6. The van der Waals surface area contributed by atoms with Crippen LogP contribution in [0.25, 0.3) is 11.1 Å². The predicted molar refractivity (Wildman–Crippen MR) is 156 cm³/mol. The topological polar surface area (TPSA) is 139 Å². The molecule has 1 saturated carbocycles. The van der Waals surface area contributed by atoms with Gasteiger partial charge in [0.2, 0.25) is 11.7 Å². The third kappa shape index (κ3) is 7.15. The Morgan fingerprint density at radius 3 is 2.39 bits per heavy atom. The third-order valence-corrected chi connectivity index (χ3v) is 7.55. The summed E-state index contributed by atoms with van der Waals surface area (Å²) in [7, 11) is 0. The second-order valence-corrected chi connectivity index (χ2v) is 12.0. The summed E-state index contributed by atoms with van der Waals surface area (Å²) >= 11 is 5.92. The number of pyridine rings is 2. The second kappa shape index (κ2) is 12.0. The predicted octanol–water partition coefficient (Wildman–Crippen LogP) is 6.07. The van der Waals surface area contributed by atoms with Crippen LogP contribution in [0.1, 0.15) is 69.9 Å². The molecule has 5 rings (SSSR count). The highest BCUT2D eigenvalue weighted by Gasteiger charge is 2.32. The van der Waals surface area contributed by atoms with Gasteiger partial charge in [0.05, 0.1) is 16.9 Å². The number of carbonyl (C=O) groups excluding carboxylic acids is 3. The summed E-state index contributed by atoms with van der Waals surface area (Å²) in [5.41, 5.74) is 0.291. The Bertz CT molecular complexity index is 1420. The largest absolute Gasteiger partial charge is 0.447 e. The minimum absolute atomic E-state index is 0.127. The highest BCUT2D eigenvalue weighted by atomic mass is 35.5. The Morgan fingerprint density at radius 2 is 1.73 bits per heavy atom. The van der Waals surface area contributed by atoms with Crippen LogP contribution in [0.4, 0.5) is 22.0 Å². The number of aromatic nitrogens is 2. The summed E-state index contributed by atoms with van der Waals surface area (Å²) in [5.74, 6) is -0.840. The van der Waals surface area contributed by atoms with Gasteiger partial charge < -0.3 is 24.7 Å². The molecule has 0 radical (unpaired) electrons. The zero-order valence-electron chi connectivity index (χ0n) is 23.5. The van der Waals surface area contributed by atoms with Gasteiger partial charge in [-0.3, -0.25) is 14.9 Å². The average molecular weight is 583 g/mol. The molecule has 41 heavy (non-hydrogen) atoms. The summed E-state index contributed by atoms with van der Waals surface area (Å²) in [6, 6.07) is 5.21. The first-order valence-electron chi connectivity index (χ1n) is 14.0. The van der Waals surface area contributed by atoms with Crippen molar-refractivity contribution in [3.8, 4) is 0 Å². The molecule has 0 bridgehead atoms. The quantitative estimate of drug-likeness (QED) is 0.318. The molecule has 218 valence electrons. The number of amides is 3. The number of furan rings is 1. The number of nitrogens with zero attached hydrogens (tertiary/aromatic N) is 3. The molecule has 1 saturated heterocycles. The van der Waals surface area contributed by atoms with Gasteiger partial charge in [-0.2, -0.15) is 0 Å². The van der Waals surface area contributed by atoms with E-state index in [1.54, 1.807) is 32.9 Å². The van der Waals surface area contributed by atoms with Crippen molar-refractivity contribution in [2.45, 2.75) is 70.9 Å². The van der Waals surface area contributed by atoms with Crippen LogP contribution in [0.2, 0.25) is 5.02 Å². The Balaban J connectivity index is 1.37. The lowest BCUT2D eigenvalue weighted by atomic mass is 9.85. The molecule has 12 heteroatoms. The van der Waals surface area contributed by atoms with Crippen LogP contribution < -0.4 is 16.0 Å². The van der Waals surface area contributed by atoms with Crippen molar-refractivity contribution in [3.63, 3.8) is 0 Å². The number of rotatable bonds is 6. The maximum atomic E-state index is 13.4. The highest BCUT2D eigenvalue weighted by Crippen LogP contribution is 2.35. The number of hydrogen-bond donors (Lipinski definition) is 3. The highest BCUT2D eigenvalue weighted by molar-refractivity contribution is 6.30. The van der Waals surface area contributed by atoms with E-state index >= 15 is 0 Å². The molecule has 11 nitrogen and oxygen atoms in total. The van der Waals surface area contributed by atoms with Gasteiger partial charge in [0, 0.05) is 24.2 Å². The van der Waals surface area contributed by atoms with E-state index in [4.69, 9.17) is 20.8 Å². The van der Waals surface area contributed by atoms with E-state index < -0.39 is 17.6 Å². The molecule has 3 N–H and O–H groups in total. The molecular weight excluding hydrogens is 548 g/mol. The SMILES string of the molecule is CC(C)(C)OC(=O)Nc1cnc2c(NC(=O)[C@H]3CC[C@H](N4CCCC4)CC3)c(C(=O)Nc3ccc(Cl)cn3)oc2c1. The smallest absolute Gasteiger partial charge is 0.412 e. The second-order valence-electron chi connectivity index (χ2n) is 11.6. The van der Waals surface area contributed by atoms with Crippen molar-refractivity contribution in [2.24, 2.45) is 5.92 Å². The van der Waals surface area contributed by atoms with Crippen LogP contribution in [-0.4, -0.2) is 57.5 Å². The zero-order valence-corrected chi connectivity index (χ0v) is 24.2. The summed E-state index contributed by atoms with van der Waals surface area (Å²) < 4.78 is 11.2. The van der Waals surface area contributed by atoms with E-state index in [0.29, 0.717) is 16.8 Å². The lowest BCUT2D eigenvalue weighted by Crippen LogP contribution is -2.38. The van der Waals surface area contributed by atoms with Crippen LogP contribution in [0.15, 0.2) is 35.0 Å². The Morgan fingerprint density at radius 1 is 1.00 bits per heavy atom. The number of halogens is 1. The van der Waals surface area contributed by atoms with Crippen molar-refractivity contribution >= 4 is 57.8 Å². The van der Waals surface area contributed by atoms with Crippen molar-refractivity contribution in [2.75, 3.05) is 29.0 Å². The van der Waals surface area contributed by atoms with E-state index in [1.165, 1.54) is 31.3 Å². The molecule has 1 aliphatic heterocycles. The zero-order chi connectivity index (χ0) is 29.1. The Kier molecular flexibility index (Phi) is 8.46. The Labute approximate surface area is 243 Å². The van der Waals surface area contributed by atoms with E-state index in [0.717, 1.165) is 38.8 Å². The number of anilines is 3. The van der Waals surface area contributed by atoms with Crippen molar-refractivity contribution in [3.05, 3.63) is 41.4 Å². The van der Waals surface area contributed by atoms with Crippen LogP contribution in [0.3, 0.4) is 0 Å². The van der Waals surface area contributed by atoms with E-state index in [2.05, 4.69) is 30.8 Å². The van der Waals surface area contributed by atoms with Gasteiger partial charge in [-0.1, -0.05) is 11.6 Å². The molecule has 3 aromatic heterocycles. The number of likely N-dealkylation sites (tertiary alicyclic amines) is 1. The molecule has 0 spiro atoms. The molecule has 4 heterocycles. The van der Waals surface area contributed by atoms with Crippen molar-refractivity contribution in [1.29, 1.82) is 0 Å². The molecule has 2 aliphatic rings. The van der Waals surface area contributed by atoms with E-state index in [9.17, 15) is 14.4 Å². The monoisotopic (exact) mass is 582 g/mol. The first-order chi connectivity index (χ1) is 19.6. The van der Waals surface area contributed by atoms with Crippen molar-refractivity contribution < 1.29 is 23.5 Å². The average Bonchev–Trinajstić information content (AvgIpc) is 3.58. The first-order valence-corrected chi connectivity index (χ1v) is 14.3. The maximum Gasteiger partial charge on any atom is 0.412 e. The van der Waals surface area contributed by atoms with Gasteiger partial charge in [0.15, 0.2) is 5.58 Å². The molecule has 0 unspecified atom stereocenters. The number of ether oxygens (including phenoxy) is 1. The summed E-state index contributed by atoms with van der Waals surface area (Å²) in [4.78, 5) is 50.1. The van der Waals surface area contributed by atoms with Gasteiger partial charge in [-0.15, -0.1) is 0 Å². The number of nitrogens with one attached hydrogen (secondary N) is 3. The minimum atomic E-state index is -0.682. The summed E-state index contributed by atoms with van der Waals surface area (Å²) in [5, 5.41) is 8.64. The number of fused-ring (bicyclic) bond motifs is 1.